The maximum absolute atomic E-state index is 15.0. The zero-order chi connectivity index (χ0) is 27.3. The number of aliphatic hydroxyl groups is 1. The van der Waals surface area contributed by atoms with Gasteiger partial charge in [-0.3, -0.25) is 4.79 Å². The van der Waals surface area contributed by atoms with Crippen LogP contribution in [0.4, 0.5) is 13.2 Å². The molecule has 0 aliphatic carbocycles. The molecule has 0 radical (unpaired) electrons. The summed E-state index contributed by atoms with van der Waals surface area (Å²) < 4.78 is 50.3. The number of halogens is 3. The fraction of sp³-hybridized carbons (Fsp3) is 0.567. The quantitative estimate of drug-likeness (QED) is 0.417. The van der Waals surface area contributed by atoms with Gasteiger partial charge in [0.1, 0.15) is 11.5 Å². The molecule has 0 saturated carbocycles. The lowest BCUT2D eigenvalue weighted by Crippen LogP contribution is -2.44. The van der Waals surface area contributed by atoms with E-state index < -0.39 is 17.3 Å². The highest BCUT2D eigenvalue weighted by Gasteiger charge is 2.31. The van der Waals surface area contributed by atoms with Gasteiger partial charge in [0, 0.05) is 24.2 Å². The number of hydrogen-bond acceptors (Lipinski definition) is 4. The number of ether oxygens (including phenoxy) is 1. The highest BCUT2D eigenvalue weighted by Crippen LogP contribution is 2.30. The van der Waals surface area contributed by atoms with Crippen LogP contribution in [0.2, 0.25) is 0 Å². The Hall–Kier alpha value is -2.58. The number of benzene rings is 2. The molecule has 2 heterocycles. The van der Waals surface area contributed by atoms with Gasteiger partial charge in [-0.2, -0.15) is 0 Å². The molecular weight excluding hydrogens is 493 g/mol. The molecule has 2 saturated heterocycles. The van der Waals surface area contributed by atoms with Gasteiger partial charge in [-0.05, 0) is 87.4 Å². The molecule has 208 valence electrons. The number of nitrogens with zero attached hydrogens (tertiary/aromatic N) is 2. The Morgan fingerprint density at radius 2 is 1.76 bits per heavy atom. The van der Waals surface area contributed by atoms with Crippen molar-refractivity contribution in [1.29, 1.82) is 0 Å². The highest BCUT2D eigenvalue weighted by atomic mass is 19.1. The molecular formula is C30H39F3N2O3. The van der Waals surface area contributed by atoms with Crippen LogP contribution < -0.4 is 4.74 Å². The summed E-state index contributed by atoms with van der Waals surface area (Å²) >= 11 is 0. The smallest absolute Gasteiger partial charge is 0.254 e. The van der Waals surface area contributed by atoms with E-state index in [1.165, 1.54) is 30.3 Å². The molecule has 0 spiro atoms. The summed E-state index contributed by atoms with van der Waals surface area (Å²) in [7, 11) is 0. The third kappa shape index (κ3) is 6.52. The van der Waals surface area contributed by atoms with Crippen LogP contribution in [0.5, 0.6) is 5.75 Å². The summed E-state index contributed by atoms with van der Waals surface area (Å²) in [6.45, 7) is 6.63. The molecule has 38 heavy (non-hydrogen) atoms. The normalized spacial score (nSPS) is 19.2. The van der Waals surface area contributed by atoms with Crippen LogP contribution in [0.3, 0.4) is 0 Å². The van der Waals surface area contributed by atoms with Crippen LogP contribution in [0, 0.1) is 17.6 Å². The van der Waals surface area contributed by atoms with Gasteiger partial charge in [-0.1, -0.05) is 26.0 Å². The number of likely N-dealkylation sites (tertiary alicyclic amines) is 2. The summed E-state index contributed by atoms with van der Waals surface area (Å²) in [5, 5.41) is 9.48. The van der Waals surface area contributed by atoms with E-state index in [1.807, 2.05) is 13.8 Å². The van der Waals surface area contributed by atoms with Crippen molar-refractivity contribution in [3.05, 3.63) is 53.6 Å². The summed E-state index contributed by atoms with van der Waals surface area (Å²) in [5.41, 5.74) is -0.377. The van der Waals surface area contributed by atoms with E-state index in [-0.39, 0.29) is 41.4 Å². The van der Waals surface area contributed by atoms with Crippen molar-refractivity contribution in [3.63, 3.8) is 0 Å². The summed E-state index contributed by atoms with van der Waals surface area (Å²) in [4.78, 5) is 16.5. The molecule has 2 aliphatic heterocycles. The summed E-state index contributed by atoms with van der Waals surface area (Å²) in [6, 6.07) is 8.32. The van der Waals surface area contributed by atoms with Crippen LogP contribution in [0.25, 0.3) is 11.1 Å². The van der Waals surface area contributed by atoms with Crippen molar-refractivity contribution >= 4 is 5.91 Å². The Morgan fingerprint density at radius 3 is 2.39 bits per heavy atom. The first kappa shape index (κ1) is 28.4. The van der Waals surface area contributed by atoms with E-state index in [0.29, 0.717) is 38.1 Å². The Morgan fingerprint density at radius 1 is 1.03 bits per heavy atom. The molecule has 4 rings (SSSR count). The van der Waals surface area contributed by atoms with E-state index >= 15 is 0 Å². The van der Waals surface area contributed by atoms with Crippen molar-refractivity contribution in [2.45, 2.75) is 64.1 Å². The molecule has 2 aliphatic rings. The van der Waals surface area contributed by atoms with Gasteiger partial charge >= 0.3 is 0 Å². The van der Waals surface area contributed by atoms with Gasteiger partial charge in [0.15, 0.2) is 11.6 Å². The minimum Gasteiger partial charge on any atom is -0.490 e. The Bertz CT molecular complexity index is 1100. The molecule has 2 aromatic rings. The van der Waals surface area contributed by atoms with Crippen molar-refractivity contribution in [3.8, 4) is 16.9 Å². The average molecular weight is 533 g/mol. The largest absolute Gasteiger partial charge is 0.490 e. The molecule has 1 N–H and O–H groups in total. The number of hydrogen-bond donors (Lipinski definition) is 1. The maximum Gasteiger partial charge on any atom is 0.254 e. The monoisotopic (exact) mass is 532 g/mol. The van der Waals surface area contributed by atoms with Crippen molar-refractivity contribution in [2.75, 3.05) is 39.4 Å². The van der Waals surface area contributed by atoms with Crippen LogP contribution in [-0.2, 0) is 0 Å². The average Bonchev–Trinajstić information content (AvgIpc) is 3.41. The van der Waals surface area contributed by atoms with E-state index in [1.54, 1.807) is 11.0 Å². The predicted molar refractivity (Wildman–Crippen MR) is 142 cm³/mol. The van der Waals surface area contributed by atoms with Crippen molar-refractivity contribution < 1.29 is 27.8 Å². The first-order valence-electron chi connectivity index (χ1n) is 13.8. The molecule has 2 fully saturated rings. The second-order valence-electron chi connectivity index (χ2n) is 10.7. The van der Waals surface area contributed by atoms with E-state index in [9.17, 15) is 23.1 Å². The maximum atomic E-state index is 15.0. The molecule has 1 atom stereocenters. The number of rotatable bonds is 10. The number of aliphatic hydroxyl groups excluding tert-OH is 1. The minimum atomic E-state index is -1.14. The number of piperidine rings is 1. The first-order chi connectivity index (χ1) is 18.3. The standard InChI is InChI=1S/C30H39F3N2O3/c1-3-30(33,4-2)20-34-14-11-21(12-15-34)19-38-28-10-8-22(16-27(28)32)25-9-7-23(17-26(25)31)29(37)35-13-5-6-24(35)18-36/h7-10,16-17,21,24,36H,3-6,11-15,18-20H2,1-2H3/t24-/m1/s1. The first-order valence-corrected chi connectivity index (χ1v) is 13.8. The molecule has 5 nitrogen and oxygen atoms in total. The number of carbonyl (C=O) groups is 1. The van der Waals surface area contributed by atoms with Crippen molar-refractivity contribution in [1.82, 2.24) is 9.80 Å². The van der Waals surface area contributed by atoms with Crippen molar-refractivity contribution in [2.24, 2.45) is 5.92 Å². The Balaban J connectivity index is 1.33. The molecule has 0 aromatic heterocycles. The lowest BCUT2D eigenvalue weighted by molar-refractivity contribution is 0.0565. The lowest BCUT2D eigenvalue weighted by atomic mass is 9.94. The number of amides is 1. The fourth-order valence-corrected chi connectivity index (χ4v) is 5.52. The SMILES string of the molecule is CCC(F)(CC)CN1CCC(COc2ccc(-c3ccc(C(=O)N4CCC[C@@H]4CO)cc3F)cc2F)CC1. The van der Waals surface area contributed by atoms with Gasteiger partial charge in [-0.15, -0.1) is 0 Å². The third-order valence-corrected chi connectivity index (χ3v) is 8.26. The Kier molecular flexibility index (Phi) is 9.36. The van der Waals surface area contributed by atoms with Gasteiger partial charge in [-0.25, -0.2) is 13.2 Å². The summed E-state index contributed by atoms with van der Waals surface area (Å²) in [6.07, 6.45) is 4.30. The molecule has 1 amide bonds. The van der Waals surface area contributed by atoms with E-state index in [2.05, 4.69) is 4.90 Å². The molecule has 8 heteroatoms. The second kappa shape index (κ2) is 12.5. The van der Waals surface area contributed by atoms with Crippen LogP contribution in [0.15, 0.2) is 36.4 Å². The van der Waals surface area contributed by atoms with Crippen LogP contribution >= 0.6 is 0 Å². The highest BCUT2D eigenvalue weighted by molar-refractivity contribution is 5.95. The molecule has 0 unspecified atom stereocenters. The molecule has 0 bridgehead atoms. The summed E-state index contributed by atoms with van der Waals surface area (Å²) in [5.74, 6) is -1.11. The lowest BCUT2D eigenvalue weighted by Gasteiger charge is -2.36. The minimum absolute atomic E-state index is 0.114. The van der Waals surface area contributed by atoms with Gasteiger partial charge in [0.2, 0.25) is 0 Å². The van der Waals surface area contributed by atoms with Gasteiger partial charge < -0.3 is 19.6 Å². The number of carbonyl (C=O) groups excluding carboxylic acids is 1. The van der Waals surface area contributed by atoms with E-state index in [0.717, 1.165) is 38.8 Å². The van der Waals surface area contributed by atoms with E-state index in [4.69, 9.17) is 4.74 Å². The predicted octanol–water partition coefficient (Wildman–Crippen LogP) is 5.85. The van der Waals surface area contributed by atoms with Crippen LogP contribution in [-0.4, -0.2) is 71.9 Å². The zero-order valence-electron chi connectivity index (χ0n) is 22.4. The van der Waals surface area contributed by atoms with Gasteiger partial charge in [0.25, 0.3) is 5.91 Å². The Labute approximate surface area is 223 Å². The molecule has 2 aromatic carbocycles. The topological polar surface area (TPSA) is 53.0 Å². The third-order valence-electron chi connectivity index (χ3n) is 8.26. The second-order valence-corrected chi connectivity index (χ2v) is 10.7. The van der Waals surface area contributed by atoms with Crippen LogP contribution in [0.1, 0.15) is 62.7 Å². The fourth-order valence-electron chi connectivity index (χ4n) is 5.52. The number of alkyl halides is 1. The zero-order valence-corrected chi connectivity index (χ0v) is 22.4. The van der Waals surface area contributed by atoms with Gasteiger partial charge in [0.05, 0.1) is 19.3 Å².